The van der Waals surface area contributed by atoms with Gasteiger partial charge in [-0.2, -0.15) is 0 Å². The minimum Gasteiger partial charge on any atom is -0.426 e. The van der Waals surface area contributed by atoms with E-state index >= 15 is 0 Å². The monoisotopic (exact) mass is 400 g/mol. The molecule has 4 nitrogen and oxygen atoms in total. The number of hydrogen-bond donors (Lipinski definition) is 0. The van der Waals surface area contributed by atoms with Crippen molar-refractivity contribution < 1.29 is 9.53 Å². The van der Waals surface area contributed by atoms with Crippen LogP contribution in [-0.2, 0) is 4.79 Å². The van der Waals surface area contributed by atoms with Crippen LogP contribution in [0.25, 0.3) is 22.3 Å². The van der Waals surface area contributed by atoms with E-state index in [0.29, 0.717) is 11.6 Å². The summed E-state index contributed by atoms with van der Waals surface area (Å²) in [6.45, 7) is 5.43. The highest BCUT2D eigenvalue weighted by Crippen LogP contribution is 2.36. The molecule has 0 fully saturated rings. The summed E-state index contributed by atoms with van der Waals surface area (Å²) < 4.78 is 5.44. The molecule has 0 aliphatic heterocycles. The van der Waals surface area contributed by atoms with Crippen molar-refractivity contribution in [1.82, 2.24) is 9.97 Å². The Hall–Kier alpha value is -3.18. The van der Waals surface area contributed by atoms with Gasteiger partial charge in [0.25, 0.3) is 0 Å². The smallest absolute Gasteiger partial charge is 0.308 e. The van der Waals surface area contributed by atoms with Gasteiger partial charge in [-0.1, -0.05) is 59.8 Å². The molecule has 0 bridgehead atoms. The molecule has 0 N–H and O–H groups in total. The van der Waals surface area contributed by atoms with E-state index in [1.807, 2.05) is 43.3 Å². The maximum absolute atomic E-state index is 11.6. The molecule has 0 saturated carbocycles. The Kier molecular flexibility index (Phi) is 5.32. The van der Waals surface area contributed by atoms with Crippen LogP contribution < -0.4 is 4.74 Å². The molecule has 1 aromatic heterocycles. The van der Waals surface area contributed by atoms with Gasteiger partial charge in [-0.05, 0) is 43.7 Å². The average Bonchev–Trinajstić information content (AvgIpc) is 2.69. The summed E-state index contributed by atoms with van der Waals surface area (Å²) in [6.07, 6.45) is 0. The molecule has 0 atom stereocenters. The quantitative estimate of drug-likeness (QED) is 0.239. The van der Waals surface area contributed by atoms with Gasteiger partial charge in [-0.25, -0.2) is 9.97 Å². The molecular weight excluding hydrogens is 380 g/mol. The number of carbonyl (C=O) groups excluding carboxylic acids is 1. The molecule has 5 heteroatoms. The first-order valence-electron chi connectivity index (χ1n) is 9.31. The largest absolute Gasteiger partial charge is 0.426 e. The molecule has 144 valence electrons. The number of rotatable bonds is 4. The zero-order chi connectivity index (χ0) is 20.4. The van der Waals surface area contributed by atoms with Crippen molar-refractivity contribution in [3.05, 3.63) is 77.9 Å². The van der Waals surface area contributed by atoms with Crippen molar-refractivity contribution in [3.8, 4) is 17.1 Å². The van der Waals surface area contributed by atoms with E-state index in [9.17, 15) is 4.79 Å². The van der Waals surface area contributed by atoms with Crippen LogP contribution in [0.1, 0.15) is 18.1 Å². The van der Waals surface area contributed by atoms with Crippen LogP contribution in [0, 0.1) is 13.8 Å². The van der Waals surface area contributed by atoms with E-state index in [1.54, 1.807) is 17.8 Å². The third-order valence-electron chi connectivity index (χ3n) is 4.52. The van der Waals surface area contributed by atoms with Gasteiger partial charge in [0.2, 0.25) is 0 Å². The zero-order valence-corrected chi connectivity index (χ0v) is 17.3. The highest BCUT2D eigenvalue weighted by molar-refractivity contribution is 7.99. The normalized spacial score (nSPS) is 10.9. The van der Waals surface area contributed by atoms with E-state index in [1.165, 1.54) is 12.5 Å². The number of esters is 1. The number of aromatic nitrogens is 2. The minimum absolute atomic E-state index is 0.369. The lowest BCUT2D eigenvalue weighted by Gasteiger charge is -2.13. The van der Waals surface area contributed by atoms with E-state index in [4.69, 9.17) is 14.7 Å². The second-order valence-corrected chi connectivity index (χ2v) is 7.89. The third-order valence-corrected chi connectivity index (χ3v) is 5.53. The topological polar surface area (TPSA) is 52.1 Å². The second kappa shape index (κ2) is 8.05. The first kappa shape index (κ1) is 19.2. The Balaban J connectivity index is 1.89. The molecule has 0 amide bonds. The third kappa shape index (κ3) is 4.15. The van der Waals surface area contributed by atoms with Crippen LogP contribution in [0.4, 0.5) is 0 Å². The summed E-state index contributed by atoms with van der Waals surface area (Å²) >= 11 is 1.60. The average molecular weight is 401 g/mol. The number of nitrogens with zero attached hydrogens (tertiary/aromatic N) is 2. The van der Waals surface area contributed by atoms with Crippen molar-refractivity contribution in [1.29, 1.82) is 0 Å². The number of benzene rings is 3. The van der Waals surface area contributed by atoms with Gasteiger partial charge in [0.05, 0.1) is 11.1 Å². The molecule has 0 radical (unpaired) electrons. The predicted molar refractivity (Wildman–Crippen MR) is 116 cm³/mol. The molecule has 0 aliphatic rings. The van der Waals surface area contributed by atoms with E-state index < -0.39 is 0 Å². The number of hydrogen-bond acceptors (Lipinski definition) is 5. The number of aryl methyl sites for hydroxylation is 2. The summed E-state index contributed by atoms with van der Waals surface area (Å²) in [4.78, 5) is 22.3. The van der Waals surface area contributed by atoms with Crippen LogP contribution >= 0.6 is 11.8 Å². The molecule has 4 aromatic rings. The van der Waals surface area contributed by atoms with Gasteiger partial charge in [0.1, 0.15) is 10.8 Å². The summed E-state index contributed by atoms with van der Waals surface area (Å²) in [5.41, 5.74) is 3.75. The Bertz CT molecular complexity index is 1200. The van der Waals surface area contributed by atoms with Gasteiger partial charge in [0.15, 0.2) is 5.82 Å². The maximum atomic E-state index is 11.6. The fourth-order valence-corrected chi connectivity index (χ4v) is 4.03. The molecule has 4 rings (SSSR count). The van der Waals surface area contributed by atoms with Crippen molar-refractivity contribution in [2.24, 2.45) is 0 Å². The lowest BCUT2D eigenvalue weighted by atomic mass is 10.1. The van der Waals surface area contributed by atoms with Crippen molar-refractivity contribution in [3.63, 3.8) is 0 Å². The molecule has 0 saturated heterocycles. The SMILES string of the molecule is CC(=O)Oc1cccc(C)c1-c1nc(Sc2ccc(C)cc2)c2ccccc2n1. The Morgan fingerprint density at radius 1 is 0.897 bits per heavy atom. The summed E-state index contributed by atoms with van der Waals surface area (Å²) in [5, 5.41) is 1.86. The van der Waals surface area contributed by atoms with Gasteiger partial charge in [-0.3, -0.25) is 4.79 Å². The molecule has 0 unspecified atom stereocenters. The number of carbonyl (C=O) groups is 1. The highest BCUT2D eigenvalue weighted by Gasteiger charge is 2.17. The van der Waals surface area contributed by atoms with E-state index in [0.717, 1.165) is 32.0 Å². The Labute approximate surface area is 174 Å². The fraction of sp³-hybridized carbons (Fsp3) is 0.125. The Morgan fingerprint density at radius 2 is 1.66 bits per heavy atom. The minimum atomic E-state index is -0.369. The predicted octanol–water partition coefficient (Wildman–Crippen LogP) is 5.99. The lowest BCUT2D eigenvalue weighted by molar-refractivity contribution is -0.131. The van der Waals surface area contributed by atoms with Crippen molar-refractivity contribution >= 4 is 28.6 Å². The molecule has 0 aliphatic carbocycles. The summed E-state index contributed by atoms with van der Waals surface area (Å²) in [5.74, 6) is 0.652. The van der Waals surface area contributed by atoms with Gasteiger partial charge < -0.3 is 4.74 Å². The summed E-state index contributed by atoms with van der Waals surface area (Å²) in [7, 11) is 0. The first-order valence-corrected chi connectivity index (χ1v) is 10.1. The molecular formula is C24H20N2O2S. The highest BCUT2D eigenvalue weighted by atomic mass is 32.2. The van der Waals surface area contributed by atoms with Gasteiger partial charge in [-0.15, -0.1) is 0 Å². The fourth-order valence-electron chi connectivity index (χ4n) is 3.12. The van der Waals surface area contributed by atoms with E-state index in [2.05, 4.69) is 31.2 Å². The van der Waals surface area contributed by atoms with E-state index in [-0.39, 0.29) is 5.97 Å². The van der Waals surface area contributed by atoms with Crippen LogP contribution in [0.3, 0.4) is 0 Å². The molecule has 1 heterocycles. The number of ether oxygens (including phenoxy) is 1. The zero-order valence-electron chi connectivity index (χ0n) is 16.5. The van der Waals surface area contributed by atoms with Crippen LogP contribution in [0.2, 0.25) is 0 Å². The molecule has 29 heavy (non-hydrogen) atoms. The second-order valence-electron chi connectivity index (χ2n) is 6.83. The van der Waals surface area contributed by atoms with Crippen LogP contribution in [-0.4, -0.2) is 15.9 Å². The first-order chi connectivity index (χ1) is 14.0. The molecule has 3 aromatic carbocycles. The van der Waals surface area contributed by atoms with Crippen molar-refractivity contribution in [2.75, 3.05) is 0 Å². The number of para-hydroxylation sites is 1. The Morgan fingerprint density at radius 3 is 2.41 bits per heavy atom. The lowest BCUT2D eigenvalue weighted by Crippen LogP contribution is -2.05. The number of fused-ring (bicyclic) bond motifs is 1. The van der Waals surface area contributed by atoms with Crippen LogP contribution in [0.15, 0.2) is 76.7 Å². The van der Waals surface area contributed by atoms with Gasteiger partial charge in [0, 0.05) is 17.2 Å². The van der Waals surface area contributed by atoms with Crippen LogP contribution in [0.5, 0.6) is 5.75 Å². The standard InChI is InChI=1S/C24H20N2O2S/c1-15-11-13-18(14-12-15)29-24-19-8-4-5-9-20(19)25-23(26-24)22-16(2)7-6-10-21(22)28-17(3)27/h4-14H,1-3H3. The summed E-state index contributed by atoms with van der Waals surface area (Å²) in [6, 6.07) is 21.9. The van der Waals surface area contributed by atoms with Gasteiger partial charge >= 0.3 is 5.97 Å². The van der Waals surface area contributed by atoms with Crippen molar-refractivity contribution in [2.45, 2.75) is 30.7 Å². The maximum Gasteiger partial charge on any atom is 0.308 e. The molecule has 0 spiro atoms.